The molecule has 0 fully saturated rings. The number of pyridine rings is 1. The number of hydrogen-bond acceptors (Lipinski definition) is 5. The number of amides is 1. The number of halogens is 2. The van der Waals surface area contributed by atoms with Crippen molar-refractivity contribution in [3.05, 3.63) is 50.3 Å². The van der Waals surface area contributed by atoms with Crippen LogP contribution in [0.1, 0.15) is 15.9 Å². The average molecular weight is 470 g/mol. The maximum atomic E-state index is 12.0. The van der Waals surface area contributed by atoms with Crippen LogP contribution >= 0.6 is 34.2 Å². The van der Waals surface area contributed by atoms with E-state index < -0.39 is 5.91 Å². The molecule has 2 aromatic rings. The Hall–Kier alpha value is -2.31. The van der Waals surface area contributed by atoms with Crippen LogP contribution < -0.4 is 14.9 Å². The highest BCUT2D eigenvalue weighted by atomic mass is 127. The zero-order valence-corrected chi connectivity index (χ0v) is 16.0. The van der Waals surface area contributed by atoms with Gasteiger partial charge in [-0.1, -0.05) is 17.5 Å². The highest BCUT2D eigenvalue weighted by Crippen LogP contribution is 2.33. The van der Waals surface area contributed by atoms with Gasteiger partial charge in [-0.25, -0.2) is 10.4 Å². The summed E-state index contributed by atoms with van der Waals surface area (Å²) in [4.78, 5) is 15.8. The van der Waals surface area contributed by atoms with Crippen molar-refractivity contribution in [3.8, 4) is 23.8 Å². The number of methoxy groups -OCH3 is 1. The summed E-state index contributed by atoms with van der Waals surface area (Å²) in [6.45, 7) is 0.141. The summed E-state index contributed by atoms with van der Waals surface area (Å²) in [7, 11) is 1.53. The van der Waals surface area contributed by atoms with Gasteiger partial charge in [-0.3, -0.25) is 4.79 Å². The highest BCUT2D eigenvalue weighted by molar-refractivity contribution is 14.1. The molecule has 2 rings (SSSR count). The lowest BCUT2D eigenvalue weighted by Crippen LogP contribution is -2.18. The first-order chi connectivity index (χ1) is 12.1. The molecular weight excluding hydrogens is 457 g/mol. The quantitative estimate of drug-likeness (QED) is 0.232. The maximum absolute atomic E-state index is 12.0. The lowest BCUT2D eigenvalue weighted by molar-refractivity contribution is 0.0955. The molecule has 1 amide bonds. The Morgan fingerprint density at radius 2 is 2.36 bits per heavy atom. The average Bonchev–Trinajstić information content (AvgIpc) is 2.60. The number of nitrogens with zero attached hydrogens (tertiary/aromatic N) is 2. The first-order valence-corrected chi connectivity index (χ1v) is 8.40. The zero-order chi connectivity index (χ0) is 18.2. The molecule has 0 saturated heterocycles. The molecule has 0 radical (unpaired) electrons. The number of ether oxygens (including phenoxy) is 2. The van der Waals surface area contributed by atoms with Crippen LogP contribution in [0, 0.1) is 15.9 Å². The maximum Gasteiger partial charge on any atom is 0.274 e. The largest absolute Gasteiger partial charge is 0.493 e. The van der Waals surface area contributed by atoms with Crippen LogP contribution in [0.3, 0.4) is 0 Å². The normalized spacial score (nSPS) is 10.3. The van der Waals surface area contributed by atoms with Crippen LogP contribution in [-0.4, -0.2) is 30.8 Å². The van der Waals surface area contributed by atoms with E-state index >= 15 is 0 Å². The molecule has 1 aromatic heterocycles. The second-order valence-electron chi connectivity index (χ2n) is 4.57. The SMILES string of the molecule is C#CCOc1c(I)cc(C=NNC(=O)c2cccnc2Cl)cc1OC. The van der Waals surface area contributed by atoms with Gasteiger partial charge in [-0.15, -0.1) is 6.42 Å². The lowest BCUT2D eigenvalue weighted by atomic mass is 10.2. The fourth-order valence-corrected chi connectivity index (χ4v) is 2.84. The molecule has 0 atom stereocenters. The van der Waals surface area contributed by atoms with Crippen molar-refractivity contribution in [2.24, 2.45) is 5.10 Å². The molecule has 1 aromatic carbocycles. The monoisotopic (exact) mass is 469 g/mol. The van der Waals surface area contributed by atoms with E-state index in [1.807, 2.05) is 6.07 Å². The van der Waals surface area contributed by atoms with Gasteiger partial charge in [0.1, 0.15) is 11.8 Å². The van der Waals surface area contributed by atoms with Crippen LogP contribution in [0.25, 0.3) is 0 Å². The summed E-state index contributed by atoms with van der Waals surface area (Å²) in [6, 6.07) is 6.72. The van der Waals surface area contributed by atoms with E-state index in [9.17, 15) is 4.79 Å². The Bertz CT molecular complexity index is 850. The molecule has 6 nitrogen and oxygen atoms in total. The Morgan fingerprint density at radius 1 is 1.56 bits per heavy atom. The van der Waals surface area contributed by atoms with E-state index in [4.69, 9.17) is 27.5 Å². The molecule has 0 aliphatic rings. The van der Waals surface area contributed by atoms with Gasteiger partial charge in [-0.05, 0) is 52.4 Å². The van der Waals surface area contributed by atoms with Gasteiger partial charge >= 0.3 is 0 Å². The van der Waals surface area contributed by atoms with Crippen molar-refractivity contribution < 1.29 is 14.3 Å². The third-order valence-corrected chi connectivity index (χ3v) is 4.04. The number of carbonyl (C=O) groups excluding carboxylic acids is 1. The van der Waals surface area contributed by atoms with Crippen molar-refractivity contribution in [3.63, 3.8) is 0 Å². The van der Waals surface area contributed by atoms with Crippen LogP contribution in [0.4, 0.5) is 0 Å². The second kappa shape index (κ2) is 9.25. The predicted octanol–water partition coefficient (Wildman–Crippen LogP) is 3.12. The minimum absolute atomic E-state index is 0.112. The smallest absolute Gasteiger partial charge is 0.274 e. The Balaban J connectivity index is 2.13. The molecule has 1 N–H and O–H groups in total. The number of benzene rings is 1. The van der Waals surface area contributed by atoms with E-state index in [2.05, 4.69) is 44.0 Å². The number of carbonyl (C=O) groups is 1. The summed E-state index contributed by atoms with van der Waals surface area (Å²) in [6.07, 6.45) is 8.19. The zero-order valence-electron chi connectivity index (χ0n) is 13.1. The first-order valence-electron chi connectivity index (χ1n) is 6.94. The van der Waals surface area contributed by atoms with Crippen LogP contribution in [0.2, 0.25) is 5.15 Å². The van der Waals surface area contributed by atoms with E-state index in [0.717, 1.165) is 3.57 Å². The summed E-state index contributed by atoms with van der Waals surface area (Å²) in [5, 5.41) is 4.04. The Kier molecular flexibility index (Phi) is 7.03. The molecule has 0 unspecified atom stereocenters. The van der Waals surface area contributed by atoms with Crippen molar-refractivity contribution in [1.82, 2.24) is 10.4 Å². The number of aromatic nitrogens is 1. The fraction of sp³-hybridized carbons (Fsp3) is 0.118. The Labute approximate surface area is 163 Å². The van der Waals surface area contributed by atoms with Crippen molar-refractivity contribution in [2.45, 2.75) is 0 Å². The van der Waals surface area contributed by atoms with Crippen molar-refractivity contribution in [1.29, 1.82) is 0 Å². The van der Waals surface area contributed by atoms with Gasteiger partial charge in [0.2, 0.25) is 0 Å². The number of rotatable bonds is 6. The van der Waals surface area contributed by atoms with Gasteiger partial charge in [0, 0.05) is 6.20 Å². The van der Waals surface area contributed by atoms with Gasteiger partial charge in [0.15, 0.2) is 11.5 Å². The van der Waals surface area contributed by atoms with E-state index in [-0.39, 0.29) is 17.3 Å². The highest BCUT2D eigenvalue weighted by Gasteiger charge is 2.11. The van der Waals surface area contributed by atoms with E-state index in [1.165, 1.54) is 19.5 Å². The third-order valence-electron chi connectivity index (χ3n) is 2.94. The summed E-state index contributed by atoms with van der Waals surface area (Å²) >= 11 is 7.97. The minimum atomic E-state index is -0.454. The van der Waals surface area contributed by atoms with Crippen molar-refractivity contribution in [2.75, 3.05) is 13.7 Å². The molecule has 128 valence electrons. The van der Waals surface area contributed by atoms with Gasteiger partial charge < -0.3 is 9.47 Å². The van der Waals surface area contributed by atoms with Gasteiger partial charge in [0.25, 0.3) is 5.91 Å². The molecule has 0 bridgehead atoms. The lowest BCUT2D eigenvalue weighted by Gasteiger charge is -2.11. The molecule has 8 heteroatoms. The van der Waals surface area contributed by atoms with Gasteiger partial charge in [-0.2, -0.15) is 5.10 Å². The molecule has 0 aliphatic carbocycles. The molecule has 0 saturated carbocycles. The molecule has 25 heavy (non-hydrogen) atoms. The molecule has 0 aliphatic heterocycles. The summed E-state index contributed by atoms with van der Waals surface area (Å²) < 4.78 is 11.6. The fourth-order valence-electron chi connectivity index (χ4n) is 1.85. The van der Waals surface area contributed by atoms with Crippen LogP contribution in [0.5, 0.6) is 11.5 Å². The topological polar surface area (TPSA) is 72.8 Å². The standard InChI is InChI=1S/C17H13ClIN3O3/c1-3-7-25-15-13(19)8-11(9-14(15)24-2)10-21-22-17(23)12-5-4-6-20-16(12)18/h1,4-6,8-10H,7H2,2H3,(H,22,23). The Morgan fingerprint density at radius 3 is 3.04 bits per heavy atom. The molecular formula is C17H13ClIN3O3. The summed E-state index contributed by atoms with van der Waals surface area (Å²) in [5.41, 5.74) is 3.36. The third kappa shape index (κ3) is 5.08. The van der Waals surface area contributed by atoms with Gasteiger partial charge in [0.05, 0.1) is 22.5 Å². The number of terminal acetylenes is 1. The van der Waals surface area contributed by atoms with Crippen LogP contribution in [0.15, 0.2) is 35.6 Å². The molecule has 1 heterocycles. The van der Waals surface area contributed by atoms with Crippen molar-refractivity contribution >= 4 is 46.3 Å². The number of hydrogen-bond donors (Lipinski definition) is 1. The number of nitrogens with one attached hydrogen (secondary N) is 1. The molecule has 0 spiro atoms. The minimum Gasteiger partial charge on any atom is -0.493 e. The number of hydrazone groups is 1. The van der Waals surface area contributed by atoms with Crippen LogP contribution in [-0.2, 0) is 0 Å². The second-order valence-corrected chi connectivity index (χ2v) is 6.09. The summed E-state index contributed by atoms with van der Waals surface area (Å²) in [5.74, 6) is 3.03. The predicted molar refractivity (Wildman–Crippen MR) is 104 cm³/mol. The van der Waals surface area contributed by atoms with E-state index in [0.29, 0.717) is 17.1 Å². The van der Waals surface area contributed by atoms with E-state index in [1.54, 1.807) is 18.2 Å². The first kappa shape index (κ1) is 19.0.